The van der Waals surface area contributed by atoms with Gasteiger partial charge in [-0.1, -0.05) is 50.1 Å². The molecule has 0 bridgehead atoms. The van der Waals surface area contributed by atoms with Crippen molar-refractivity contribution >= 4 is 28.4 Å². The molecule has 168 valence electrons. The van der Waals surface area contributed by atoms with E-state index < -0.39 is 5.82 Å². The number of carbonyl (C=O) groups is 1. The maximum absolute atomic E-state index is 14.5. The third-order valence-corrected chi connectivity index (χ3v) is 8.40. The normalized spacial score (nSPS) is 25.2. The fourth-order valence-electron chi connectivity index (χ4n) is 6.72. The van der Waals surface area contributed by atoms with Gasteiger partial charge < -0.3 is 15.2 Å². The first-order chi connectivity index (χ1) is 14.9. The van der Waals surface area contributed by atoms with Crippen LogP contribution in [-0.2, 0) is 7.05 Å². The van der Waals surface area contributed by atoms with Gasteiger partial charge in [-0.05, 0) is 56.7 Å². The van der Waals surface area contributed by atoms with E-state index in [1.807, 2.05) is 7.05 Å². The van der Waals surface area contributed by atoms with Gasteiger partial charge >= 0.3 is 0 Å². The first kappa shape index (κ1) is 21.3. The minimum atomic E-state index is -0.460. The Balaban J connectivity index is 1.41. The van der Waals surface area contributed by atoms with Crippen molar-refractivity contribution in [3.8, 4) is 0 Å². The lowest BCUT2D eigenvalue weighted by Crippen LogP contribution is -2.67. The highest BCUT2D eigenvalue weighted by atomic mass is 35.5. The SMILES string of the molecule is Cn1c(C(=O)NC2CC3(CCCCC3)NC3(CCCCC3)C2)cc2c(F)c(Cl)ccc21. The summed E-state index contributed by atoms with van der Waals surface area (Å²) in [5.74, 6) is -0.573. The molecule has 1 amide bonds. The molecule has 1 saturated heterocycles. The molecule has 31 heavy (non-hydrogen) atoms. The second kappa shape index (κ2) is 8.08. The fourth-order valence-corrected chi connectivity index (χ4v) is 6.89. The molecule has 2 aliphatic carbocycles. The zero-order valence-electron chi connectivity index (χ0n) is 18.4. The van der Waals surface area contributed by atoms with Crippen LogP contribution >= 0.6 is 11.6 Å². The molecule has 4 nitrogen and oxygen atoms in total. The Bertz CT molecular complexity index is 962. The van der Waals surface area contributed by atoms with E-state index in [2.05, 4.69) is 10.6 Å². The minimum absolute atomic E-state index is 0.0851. The van der Waals surface area contributed by atoms with Crippen LogP contribution in [0.25, 0.3) is 10.9 Å². The van der Waals surface area contributed by atoms with Crippen LogP contribution < -0.4 is 10.6 Å². The summed E-state index contributed by atoms with van der Waals surface area (Å²) < 4.78 is 16.3. The molecule has 3 fully saturated rings. The van der Waals surface area contributed by atoms with Gasteiger partial charge in [-0.15, -0.1) is 0 Å². The molecule has 0 atom stereocenters. The summed E-state index contributed by atoms with van der Waals surface area (Å²) in [5.41, 5.74) is 1.49. The number of halogens is 2. The first-order valence-corrected chi connectivity index (χ1v) is 12.3. The van der Waals surface area contributed by atoms with Crippen LogP contribution in [0.1, 0.15) is 87.5 Å². The van der Waals surface area contributed by atoms with Crippen molar-refractivity contribution in [3.05, 3.63) is 34.7 Å². The number of fused-ring (bicyclic) bond motifs is 1. The van der Waals surface area contributed by atoms with Crippen LogP contribution in [0.15, 0.2) is 18.2 Å². The van der Waals surface area contributed by atoms with Gasteiger partial charge in [-0.25, -0.2) is 4.39 Å². The number of aryl methyl sites for hydroxylation is 1. The lowest BCUT2D eigenvalue weighted by molar-refractivity contribution is 0.0440. The Kier molecular flexibility index (Phi) is 5.54. The molecule has 0 radical (unpaired) electrons. The highest BCUT2D eigenvalue weighted by Crippen LogP contribution is 2.44. The number of nitrogens with zero attached hydrogens (tertiary/aromatic N) is 1. The van der Waals surface area contributed by atoms with Gasteiger partial charge in [-0.2, -0.15) is 0 Å². The van der Waals surface area contributed by atoms with Crippen molar-refractivity contribution in [1.82, 2.24) is 15.2 Å². The molecular weight excluding hydrogens is 413 g/mol. The highest BCUT2D eigenvalue weighted by Gasteiger charge is 2.48. The first-order valence-electron chi connectivity index (χ1n) is 11.9. The number of benzene rings is 1. The largest absolute Gasteiger partial charge is 0.348 e. The van der Waals surface area contributed by atoms with Gasteiger partial charge in [0.25, 0.3) is 5.91 Å². The Hall–Kier alpha value is -1.59. The van der Waals surface area contributed by atoms with Crippen LogP contribution in [-0.4, -0.2) is 27.6 Å². The lowest BCUT2D eigenvalue weighted by atomic mass is 9.66. The molecule has 1 aromatic carbocycles. The molecule has 5 rings (SSSR count). The number of hydrogen-bond acceptors (Lipinski definition) is 2. The number of aromatic nitrogens is 1. The molecule has 2 N–H and O–H groups in total. The summed E-state index contributed by atoms with van der Waals surface area (Å²) in [5, 5.41) is 8.00. The summed E-state index contributed by atoms with van der Waals surface area (Å²) in [4.78, 5) is 13.3. The molecule has 2 heterocycles. The van der Waals surface area contributed by atoms with Crippen molar-refractivity contribution < 1.29 is 9.18 Å². The second-order valence-corrected chi connectivity index (χ2v) is 10.7. The molecule has 1 aliphatic heterocycles. The smallest absolute Gasteiger partial charge is 0.268 e. The van der Waals surface area contributed by atoms with Crippen molar-refractivity contribution in [3.63, 3.8) is 0 Å². The minimum Gasteiger partial charge on any atom is -0.348 e. The number of rotatable bonds is 2. The van der Waals surface area contributed by atoms with Crippen molar-refractivity contribution in [2.45, 2.75) is 94.2 Å². The van der Waals surface area contributed by atoms with Crippen molar-refractivity contribution in [2.24, 2.45) is 7.05 Å². The van der Waals surface area contributed by atoms with Crippen molar-refractivity contribution in [2.75, 3.05) is 0 Å². The monoisotopic (exact) mass is 445 g/mol. The standard InChI is InChI=1S/C25H33ClFN3O/c1-30-20-9-8-19(26)22(27)18(20)14-21(30)23(31)28-17-15-24(10-4-2-5-11-24)29-25(16-17)12-6-3-7-13-25/h8-9,14,17,29H,2-7,10-13,15-16H2,1H3,(H,28,31). The fraction of sp³-hybridized carbons (Fsp3) is 0.640. The third kappa shape index (κ3) is 3.89. The van der Waals surface area contributed by atoms with Gasteiger partial charge in [0.05, 0.1) is 10.5 Å². The molecule has 2 spiro atoms. The number of piperidine rings is 1. The lowest BCUT2D eigenvalue weighted by Gasteiger charge is -2.55. The Morgan fingerprint density at radius 2 is 1.65 bits per heavy atom. The van der Waals surface area contributed by atoms with E-state index in [1.165, 1.54) is 64.2 Å². The molecular formula is C25H33ClFN3O. The van der Waals surface area contributed by atoms with Crippen LogP contribution in [0.2, 0.25) is 5.02 Å². The van der Waals surface area contributed by atoms with Gasteiger partial charge in [-0.3, -0.25) is 4.79 Å². The molecule has 1 aromatic heterocycles. The van der Waals surface area contributed by atoms with Gasteiger partial charge in [0.2, 0.25) is 0 Å². The van der Waals surface area contributed by atoms with E-state index in [0.29, 0.717) is 16.6 Å². The molecule has 2 saturated carbocycles. The van der Waals surface area contributed by atoms with E-state index in [-0.39, 0.29) is 28.0 Å². The predicted molar refractivity (Wildman–Crippen MR) is 123 cm³/mol. The second-order valence-electron chi connectivity index (χ2n) is 10.3. The summed E-state index contributed by atoms with van der Waals surface area (Å²) in [6.07, 6.45) is 14.5. The highest BCUT2D eigenvalue weighted by molar-refractivity contribution is 6.31. The quantitative estimate of drug-likeness (QED) is 0.608. The molecule has 6 heteroatoms. The average molecular weight is 446 g/mol. The number of nitrogens with one attached hydrogen (secondary N) is 2. The Labute approximate surface area is 188 Å². The van der Waals surface area contributed by atoms with Crippen LogP contribution in [0.5, 0.6) is 0 Å². The maximum Gasteiger partial charge on any atom is 0.268 e. The summed E-state index contributed by atoms with van der Waals surface area (Å²) in [6.45, 7) is 0. The molecule has 0 unspecified atom stereocenters. The Morgan fingerprint density at radius 3 is 2.23 bits per heavy atom. The summed E-state index contributed by atoms with van der Waals surface area (Å²) in [6, 6.07) is 5.11. The predicted octanol–water partition coefficient (Wildman–Crippen LogP) is 5.86. The van der Waals surface area contributed by atoms with Crippen LogP contribution in [0.3, 0.4) is 0 Å². The molecule has 2 aromatic rings. The summed E-state index contributed by atoms with van der Waals surface area (Å²) in [7, 11) is 1.82. The molecule has 3 aliphatic rings. The zero-order valence-corrected chi connectivity index (χ0v) is 19.2. The topological polar surface area (TPSA) is 46.1 Å². The maximum atomic E-state index is 14.5. The van der Waals surface area contributed by atoms with Gasteiger partial charge in [0.15, 0.2) is 5.82 Å². The van der Waals surface area contributed by atoms with Crippen molar-refractivity contribution in [1.29, 1.82) is 0 Å². The third-order valence-electron chi connectivity index (χ3n) is 8.11. The number of hydrogen-bond donors (Lipinski definition) is 2. The van der Waals surface area contributed by atoms with E-state index in [9.17, 15) is 9.18 Å². The number of amides is 1. The van der Waals surface area contributed by atoms with E-state index in [4.69, 9.17) is 11.6 Å². The summed E-state index contributed by atoms with van der Waals surface area (Å²) >= 11 is 5.96. The van der Waals surface area contributed by atoms with E-state index >= 15 is 0 Å². The van der Waals surface area contributed by atoms with Gasteiger partial charge in [0.1, 0.15) is 5.69 Å². The number of carbonyl (C=O) groups excluding carboxylic acids is 1. The van der Waals surface area contributed by atoms with E-state index in [1.54, 1.807) is 22.8 Å². The van der Waals surface area contributed by atoms with E-state index in [0.717, 1.165) is 12.8 Å². The van der Waals surface area contributed by atoms with Gasteiger partial charge in [0, 0.05) is 29.6 Å². The average Bonchev–Trinajstić information content (AvgIpc) is 3.08. The zero-order chi connectivity index (χ0) is 21.6. The Morgan fingerprint density at radius 1 is 1.06 bits per heavy atom. The van der Waals surface area contributed by atoms with Crippen LogP contribution in [0.4, 0.5) is 4.39 Å². The van der Waals surface area contributed by atoms with Crippen LogP contribution in [0, 0.1) is 5.82 Å².